The number of nitrogens with zero attached hydrogens (tertiary/aromatic N) is 1. The molecule has 1 fully saturated rings. The quantitative estimate of drug-likeness (QED) is 0.541. The van der Waals surface area contributed by atoms with E-state index < -0.39 is 30.7 Å². The number of aromatic amines is 1. The number of H-pyrrole nitrogens is 1. The Balaban J connectivity index is 1.52. The molecule has 1 aromatic heterocycles. The molecule has 3 N–H and O–H groups in total. The van der Waals surface area contributed by atoms with Crippen LogP contribution in [0, 0.1) is 0 Å². The van der Waals surface area contributed by atoms with Crippen molar-refractivity contribution in [2.75, 3.05) is 0 Å². The van der Waals surface area contributed by atoms with E-state index in [9.17, 15) is 10.2 Å². The molecule has 0 radical (unpaired) electrons. The molecule has 0 aliphatic carbocycles. The lowest BCUT2D eigenvalue weighted by Crippen LogP contribution is -2.38. The maximum absolute atomic E-state index is 10.5. The van der Waals surface area contributed by atoms with Crippen molar-refractivity contribution < 1.29 is 24.4 Å². The number of hydrogen-bond acceptors (Lipinski definition) is 6. The number of aliphatic hydroxyl groups excluding tert-OH is 2. The van der Waals surface area contributed by atoms with E-state index in [1.165, 1.54) is 0 Å². The van der Waals surface area contributed by atoms with Gasteiger partial charge in [-0.15, -0.1) is 0 Å². The molecule has 2 heterocycles. The van der Waals surface area contributed by atoms with Gasteiger partial charge in [-0.2, -0.15) is 0 Å². The van der Waals surface area contributed by atoms with Crippen LogP contribution >= 0.6 is 0 Å². The Morgan fingerprint density at radius 3 is 2.24 bits per heavy atom. The Kier molecular flexibility index (Phi) is 6.33. The lowest BCUT2D eigenvalue weighted by molar-refractivity contribution is -0.160. The smallest absolute Gasteiger partial charge is 0.184 e. The lowest BCUT2D eigenvalue weighted by atomic mass is 10.0. The second-order valence-electron chi connectivity index (χ2n) is 6.97. The Hall–Kier alpha value is -2.55. The van der Waals surface area contributed by atoms with Gasteiger partial charge in [0.15, 0.2) is 6.29 Å². The standard InChI is InChI=1S/C22H24N2O5/c25-18-20(28-13-16-9-5-2-6-10-16)21(29-22(18)26)19(17-11-23-14-24-17)27-12-15-7-3-1-4-8-15/h1-11,14,18-22,25-26H,12-13H2,(H,23,24)/t18-,19-,20-,21-,22?/m1/s1. The highest BCUT2D eigenvalue weighted by Crippen LogP contribution is 2.34. The molecule has 1 unspecified atom stereocenters. The summed E-state index contributed by atoms with van der Waals surface area (Å²) in [4.78, 5) is 7.11. The van der Waals surface area contributed by atoms with Gasteiger partial charge in [0, 0.05) is 0 Å². The van der Waals surface area contributed by atoms with Crippen molar-refractivity contribution in [3.8, 4) is 0 Å². The third-order valence-electron chi connectivity index (χ3n) is 4.93. The largest absolute Gasteiger partial charge is 0.385 e. The van der Waals surface area contributed by atoms with E-state index in [1.807, 2.05) is 60.7 Å². The van der Waals surface area contributed by atoms with Crippen LogP contribution in [-0.4, -0.2) is 44.8 Å². The molecule has 0 amide bonds. The second kappa shape index (κ2) is 9.30. The van der Waals surface area contributed by atoms with Crippen LogP contribution in [0.1, 0.15) is 22.9 Å². The highest BCUT2D eigenvalue weighted by Gasteiger charge is 2.48. The summed E-state index contributed by atoms with van der Waals surface area (Å²) < 4.78 is 17.8. The minimum Gasteiger partial charge on any atom is -0.385 e. The number of benzene rings is 2. The maximum atomic E-state index is 10.5. The Labute approximate surface area is 168 Å². The van der Waals surface area contributed by atoms with Crippen LogP contribution in [-0.2, 0) is 27.4 Å². The highest BCUT2D eigenvalue weighted by atomic mass is 16.7. The molecule has 2 aromatic carbocycles. The summed E-state index contributed by atoms with van der Waals surface area (Å²) >= 11 is 0. The van der Waals surface area contributed by atoms with E-state index in [-0.39, 0.29) is 6.61 Å². The molecular formula is C22H24N2O5. The van der Waals surface area contributed by atoms with Gasteiger partial charge in [-0.05, 0) is 11.1 Å². The normalized spacial score (nSPS) is 25.2. The molecule has 29 heavy (non-hydrogen) atoms. The van der Waals surface area contributed by atoms with E-state index >= 15 is 0 Å². The fourth-order valence-electron chi connectivity index (χ4n) is 3.42. The Morgan fingerprint density at radius 1 is 0.966 bits per heavy atom. The summed E-state index contributed by atoms with van der Waals surface area (Å²) in [5.41, 5.74) is 2.64. The molecule has 0 spiro atoms. The van der Waals surface area contributed by atoms with Crippen molar-refractivity contribution in [2.45, 2.75) is 43.9 Å². The summed E-state index contributed by atoms with van der Waals surface area (Å²) in [6, 6.07) is 19.4. The fraction of sp³-hybridized carbons (Fsp3) is 0.318. The third-order valence-corrected chi connectivity index (χ3v) is 4.93. The number of hydrogen-bond donors (Lipinski definition) is 3. The van der Waals surface area contributed by atoms with Crippen molar-refractivity contribution in [1.29, 1.82) is 0 Å². The lowest BCUT2D eigenvalue weighted by Gasteiger charge is -2.27. The zero-order valence-corrected chi connectivity index (χ0v) is 15.8. The Bertz CT molecular complexity index is 859. The molecule has 1 aliphatic rings. The molecule has 1 aliphatic heterocycles. The van der Waals surface area contributed by atoms with Gasteiger partial charge in [0.25, 0.3) is 0 Å². The van der Waals surface area contributed by atoms with Crippen molar-refractivity contribution in [3.63, 3.8) is 0 Å². The predicted molar refractivity (Wildman–Crippen MR) is 104 cm³/mol. The zero-order valence-electron chi connectivity index (χ0n) is 15.8. The van der Waals surface area contributed by atoms with E-state index in [4.69, 9.17) is 14.2 Å². The van der Waals surface area contributed by atoms with E-state index in [0.717, 1.165) is 11.1 Å². The van der Waals surface area contributed by atoms with Crippen molar-refractivity contribution in [2.24, 2.45) is 0 Å². The molecule has 3 aromatic rings. The summed E-state index contributed by atoms with van der Waals surface area (Å²) in [6.45, 7) is 0.617. The van der Waals surface area contributed by atoms with Crippen molar-refractivity contribution in [3.05, 3.63) is 90.0 Å². The van der Waals surface area contributed by atoms with E-state index in [0.29, 0.717) is 12.3 Å². The van der Waals surface area contributed by atoms with Crippen LogP contribution in [0.15, 0.2) is 73.2 Å². The number of ether oxygens (including phenoxy) is 3. The molecule has 1 saturated heterocycles. The summed E-state index contributed by atoms with van der Waals surface area (Å²) in [5.74, 6) is 0. The van der Waals surface area contributed by atoms with Crippen LogP contribution in [0.2, 0.25) is 0 Å². The van der Waals surface area contributed by atoms with E-state index in [1.54, 1.807) is 12.5 Å². The minimum absolute atomic E-state index is 0.281. The SMILES string of the molecule is OC1O[C@H]([C@H](OCc2ccccc2)c2cnc[nH]2)[C@H](OCc2ccccc2)[C@H]1O. The second-order valence-corrected chi connectivity index (χ2v) is 6.97. The van der Waals surface area contributed by atoms with Gasteiger partial charge in [-0.1, -0.05) is 60.7 Å². The molecule has 4 rings (SSSR count). The number of aliphatic hydroxyl groups is 2. The number of rotatable bonds is 8. The fourth-order valence-corrected chi connectivity index (χ4v) is 3.42. The first-order valence-electron chi connectivity index (χ1n) is 9.53. The van der Waals surface area contributed by atoms with Crippen LogP contribution in [0.25, 0.3) is 0 Å². The molecule has 7 heteroatoms. The summed E-state index contributed by atoms with van der Waals surface area (Å²) in [6.07, 6.45) is -1.44. The molecule has 0 saturated carbocycles. The average Bonchev–Trinajstić information content (AvgIpc) is 3.38. The monoisotopic (exact) mass is 396 g/mol. The zero-order chi connectivity index (χ0) is 20.1. The van der Waals surface area contributed by atoms with Crippen LogP contribution in [0.4, 0.5) is 0 Å². The topological polar surface area (TPSA) is 96.8 Å². The first-order valence-corrected chi connectivity index (χ1v) is 9.53. The van der Waals surface area contributed by atoms with Crippen molar-refractivity contribution in [1.82, 2.24) is 9.97 Å². The molecule has 152 valence electrons. The van der Waals surface area contributed by atoms with Gasteiger partial charge in [0.2, 0.25) is 0 Å². The van der Waals surface area contributed by atoms with Gasteiger partial charge in [-0.3, -0.25) is 0 Å². The van der Waals surface area contributed by atoms with Crippen molar-refractivity contribution >= 4 is 0 Å². The van der Waals surface area contributed by atoms with Gasteiger partial charge in [-0.25, -0.2) is 4.98 Å². The van der Waals surface area contributed by atoms with Gasteiger partial charge >= 0.3 is 0 Å². The van der Waals surface area contributed by atoms with Gasteiger partial charge in [0.05, 0.1) is 31.4 Å². The first-order chi connectivity index (χ1) is 14.2. The van der Waals surface area contributed by atoms with Crippen LogP contribution < -0.4 is 0 Å². The van der Waals surface area contributed by atoms with E-state index in [2.05, 4.69) is 9.97 Å². The molecule has 0 bridgehead atoms. The predicted octanol–water partition coefficient (Wildman–Crippen LogP) is 2.33. The summed E-state index contributed by atoms with van der Waals surface area (Å²) in [5, 5.41) is 20.6. The maximum Gasteiger partial charge on any atom is 0.184 e. The number of nitrogens with one attached hydrogen (secondary N) is 1. The first kappa shape index (κ1) is 19.8. The average molecular weight is 396 g/mol. The Morgan fingerprint density at radius 2 is 1.62 bits per heavy atom. The number of imidazole rings is 1. The molecule has 5 atom stereocenters. The van der Waals surface area contributed by atoms with Crippen LogP contribution in [0.5, 0.6) is 0 Å². The highest BCUT2D eigenvalue weighted by molar-refractivity contribution is 5.15. The van der Waals surface area contributed by atoms with Gasteiger partial charge in [0.1, 0.15) is 24.4 Å². The third kappa shape index (κ3) is 4.72. The minimum atomic E-state index is -1.36. The molecule has 7 nitrogen and oxygen atoms in total. The molecular weight excluding hydrogens is 372 g/mol. The number of aromatic nitrogens is 2. The summed E-state index contributed by atoms with van der Waals surface area (Å²) in [7, 11) is 0. The van der Waals surface area contributed by atoms with Crippen LogP contribution in [0.3, 0.4) is 0 Å². The van der Waals surface area contributed by atoms with Gasteiger partial charge < -0.3 is 29.4 Å².